The highest BCUT2D eigenvalue weighted by Crippen LogP contribution is 2.17. The normalized spacial score (nSPS) is 10.6. The van der Waals surface area contributed by atoms with Crippen LogP contribution in [0.2, 0.25) is 0 Å². The van der Waals surface area contributed by atoms with E-state index in [0.29, 0.717) is 6.42 Å². The molecule has 88 valence electrons. The number of nitrogens with zero attached hydrogens (tertiary/aromatic N) is 3. The van der Waals surface area contributed by atoms with Gasteiger partial charge in [0, 0.05) is 19.4 Å². The van der Waals surface area contributed by atoms with Crippen molar-refractivity contribution in [3.8, 4) is 6.07 Å². The standard InChI is InChI=1S/C14H17N3/c1-2-14-16-12-8-4-5-9-13(12)17(14)11-7-3-6-10-15/h4-5,8-9H,2-3,6-7,11H2,1H3. The van der Waals surface area contributed by atoms with Crippen LogP contribution in [0.1, 0.15) is 32.0 Å². The Bertz CT molecular complexity index is 534. The molecule has 0 aliphatic rings. The van der Waals surface area contributed by atoms with Crippen LogP contribution in [0.3, 0.4) is 0 Å². The number of para-hydroxylation sites is 2. The van der Waals surface area contributed by atoms with Crippen molar-refractivity contribution in [2.75, 3.05) is 0 Å². The van der Waals surface area contributed by atoms with Crippen LogP contribution in [0.5, 0.6) is 0 Å². The van der Waals surface area contributed by atoms with E-state index < -0.39 is 0 Å². The molecule has 1 heterocycles. The topological polar surface area (TPSA) is 41.6 Å². The molecule has 2 rings (SSSR count). The smallest absolute Gasteiger partial charge is 0.109 e. The Morgan fingerprint density at radius 2 is 2.12 bits per heavy atom. The molecular weight excluding hydrogens is 210 g/mol. The molecule has 0 unspecified atom stereocenters. The highest BCUT2D eigenvalue weighted by molar-refractivity contribution is 5.75. The summed E-state index contributed by atoms with van der Waals surface area (Å²) in [6.45, 7) is 3.10. The number of fused-ring (bicyclic) bond motifs is 1. The van der Waals surface area contributed by atoms with E-state index in [1.807, 2.05) is 6.07 Å². The summed E-state index contributed by atoms with van der Waals surface area (Å²) >= 11 is 0. The summed E-state index contributed by atoms with van der Waals surface area (Å²) in [5.41, 5.74) is 2.28. The van der Waals surface area contributed by atoms with Gasteiger partial charge < -0.3 is 4.57 Å². The monoisotopic (exact) mass is 227 g/mol. The van der Waals surface area contributed by atoms with Gasteiger partial charge in [-0.25, -0.2) is 4.98 Å². The lowest BCUT2D eigenvalue weighted by Crippen LogP contribution is -2.03. The summed E-state index contributed by atoms with van der Waals surface area (Å²) in [6, 6.07) is 10.4. The number of unbranched alkanes of at least 4 members (excludes halogenated alkanes) is 2. The van der Waals surface area contributed by atoms with Crippen molar-refractivity contribution in [1.29, 1.82) is 5.26 Å². The fourth-order valence-electron chi connectivity index (χ4n) is 2.12. The zero-order valence-corrected chi connectivity index (χ0v) is 10.2. The lowest BCUT2D eigenvalue weighted by Gasteiger charge is -2.06. The van der Waals surface area contributed by atoms with Gasteiger partial charge >= 0.3 is 0 Å². The largest absolute Gasteiger partial charge is 0.328 e. The van der Waals surface area contributed by atoms with Gasteiger partial charge in [0.05, 0.1) is 17.1 Å². The lowest BCUT2D eigenvalue weighted by molar-refractivity contribution is 0.606. The Morgan fingerprint density at radius 1 is 1.29 bits per heavy atom. The van der Waals surface area contributed by atoms with Gasteiger partial charge in [-0.1, -0.05) is 19.1 Å². The number of hydrogen-bond donors (Lipinski definition) is 0. The molecule has 2 aromatic rings. The second-order valence-corrected chi connectivity index (χ2v) is 4.14. The summed E-state index contributed by atoms with van der Waals surface area (Å²) in [6.07, 6.45) is 3.61. The summed E-state index contributed by atoms with van der Waals surface area (Å²) in [7, 11) is 0. The molecule has 1 aromatic heterocycles. The third kappa shape index (κ3) is 2.47. The van der Waals surface area contributed by atoms with E-state index >= 15 is 0 Å². The van der Waals surface area contributed by atoms with Crippen molar-refractivity contribution in [2.24, 2.45) is 0 Å². The van der Waals surface area contributed by atoms with Gasteiger partial charge in [-0.15, -0.1) is 0 Å². The van der Waals surface area contributed by atoms with Gasteiger partial charge in [-0.3, -0.25) is 0 Å². The molecule has 0 radical (unpaired) electrons. The van der Waals surface area contributed by atoms with Crippen molar-refractivity contribution < 1.29 is 0 Å². The van der Waals surface area contributed by atoms with E-state index in [-0.39, 0.29) is 0 Å². The van der Waals surface area contributed by atoms with E-state index in [9.17, 15) is 0 Å². The molecule has 0 bridgehead atoms. The zero-order chi connectivity index (χ0) is 12.1. The lowest BCUT2D eigenvalue weighted by atomic mass is 10.2. The van der Waals surface area contributed by atoms with Crippen molar-refractivity contribution in [3.05, 3.63) is 30.1 Å². The molecule has 0 spiro atoms. The first-order chi connectivity index (χ1) is 8.36. The number of hydrogen-bond acceptors (Lipinski definition) is 2. The molecule has 0 amide bonds. The van der Waals surface area contributed by atoms with E-state index in [1.165, 1.54) is 5.52 Å². The Hall–Kier alpha value is -1.82. The molecular formula is C14H17N3. The average molecular weight is 227 g/mol. The molecule has 3 heteroatoms. The van der Waals surface area contributed by atoms with Crippen LogP contribution in [0.15, 0.2) is 24.3 Å². The van der Waals surface area contributed by atoms with Crippen molar-refractivity contribution in [2.45, 2.75) is 39.2 Å². The van der Waals surface area contributed by atoms with Crippen LogP contribution in [-0.4, -0.2) is 9.55 Å². The van der Waals surface area contributed by atoms with Crippen LogP contribution in [-0.2, 0) is 13.0 Å². The summed E-state index contributed by atoms with van der Waals surface area (Å²) in [5, 5.41) is 8.53. The van der Waals surface area contributed by atoms with E-state index in [4.69, 9.17) is 5.26 Å². The second kappa shape index (κ2) is 5.49. The van der Waals surface area contributed by atoms with Crippen molar-refractivity contribution in [1.82, 2.24) is 9.55 Å². The second-order valence-electron chi connectivity index (χ2n) is 4.14. The number of rotatable bonds is 5. The minimum Gasteiger partial charge on any atom is -0.328 e. The Kier molecular flexibility index (Phi) is 3.77. The Balaban J connectivity index is 2.22. The Labute approximate surface area is 102 Å². The molecule has 0 saturated carbocycles. The van der Waals surface area contributed by atoms with Crippen LogP contribution in [0.25, 0.3) is 11.0 Å². The first kappa shape index (κ1) is 11.7. The quantitative estimate of drug-likeness (QED) is 0.735. The molecule has 1 aromatic carbocycles. The fourth-order valence-corrected chi connectivity index (χ4v) is 2.12. The van der Waals surface area contributed by atoms with Gasteiger partial charge in [-0.05, 0) is 25.0 Å². The van der Waals surface area contributed by atoms with E-state index in [2.05, 4.69) is 40.7 Å². The number of nitriles is 1. The summed E-state index contributed by atoms with van der Waals surface area (Å²) in [5.74, 6) is 1.14. The number of aromatic nitrogens is 2. The fraction of sp³-hybridized carbons (Fsp3) is 0.429. The first-order valence-corrected chi connectivity index (χ1v) is 6.18. The van der Waals surface area contributed by atoms with Crippen LogP contribution in [0.4, 0.5) is 0 Å². The Morgan fingerprint density at radius 3 is 2.88 bits per heavy atom. The number of aryl methyl sites for hydroxylation is 2. The van der Waals surface area contributed by atoms with E-state index in [0.717, 1.165) is 37.1 Å². The van der Waals surface area contributed by atoms with Gasteiger partial charge in [0.2, 0.25) is 0 Å². The van der Waals surface area contributed by atoms with Crippen LogP contribution in [0, 0.1) is 11.3 Å². The third-order valence-corrected chi connectivity index (χ3v) is 2.97. The molecule has 0 atom stereocenters. The predicted octanol–water partition coefficient (Wildman–Crippen LogP) is 3.29. The molecule has 0 aliphatic heterocycles. The number of imidazole rings is 1. The van der Waals surface area contributed by atoms with Crippen LogP contribution >= 0.6 is 0 Å². The number of benzene rings is 1. The molecule has 17 heavy (non-hydrogen) atoms. The minimum atomic E-state index is 0.647. The maximum Gasteiger partial charge on any atom is 0.109 e. The molecule has 0 N–H and O–H groups in total. The van der Waals surface area contributed by atoms with Crippen molar-refractivity contribution >= 4 is 11.0 Å². The van der Waals surface area contributed by atoms with Crippen LogP contribution < -0.4 is 0 Å². The molecule has 0 aliphatic carbocycles. The molecule has 0 fully saturated rings. The third-order valence-electron chi connectivity index (χ3n) is 2.97. The first-order valence-electron chi connectivity index (χ1n) is 6.18. The zero-order valence-electron chi connectivity index (χ0n) is 10.2. The maximum absolute atomic E-state index is 8.53. The SMILES string of the molecule is CCc1nc2ccccc2n1CCCCC#N. The molecule has 0 saturated heterocycles. The summed E-state index contributed by atoms with van der Waals surface area (Å²) < 4.78 is 2.28. The van der Waals surface area contributed by atoms with Gasteiger partial charge in [-0.2, -0.15) is 5.26 Å². The highest BCUT2D eigenvalue weighted by atomic mass is 15.1. The van der Waals surface area contributed by atoms with Gasteiger partial charge in [0.15, 0.2) is 0 Å². The van der Waals surface area contributed by atoms with E-state index in [1.54, 1.807) is 0 Å². The van der Waals surface area contributed by atoms with Gasteiger partial charge in [0.1, 0.15) is 5.82 Å². The van der Waals surface area contributed by atoms with Gasteiger partial charge in [0.25, 0.3) is 0 Å². The maximum atomic E-state index is 8.53. The molecule has 3 nitrogen and oxygen atoms in total. The minimum absolute atomic E-state index is 0.647. The highest BCUT2D eigenvalue weighted by Gasteiger charge is 2.07. The summed E-state index contributed by atoms with van der Waals surface area (Å²) in [4.78, 5) is 4.63. The predicted molar refractivity (Wildman–Crippen MR) is 68.6 cm³/mol. The average Bonchev–Trinajstić information content (AvgIpc) is 2.73. The van der Waals surface area contributed by atoms with Crippen molar-refractivity contribution in [3.63, 3.8) is 0 Å².